The minimum absolute atomic E-state index is 0.122. The molecule has 23 heavy (non-hydrogen) atoms. The van der Waals surface area contributed by atoms with Crippen LogP contribution in [0.25, 0.3) is 10.8 Å². The van der Waals surface area contributed by atoms with Crippen LogP contribution < -0.4 is 15.3 Å². The van der Waals surface area contributed by atoms with Crippen molar-refractivity contribution in [2.75, 3.05) is 7.11 Å². The Morgan fingerprint density at radius 1 is 0.739 bits per heavy atom. The summed E-state index contributed by atoms with van der Waals surface area (Å²) in [5, 5.41) is 32.9. The number of carbonyl (C=O) groups excluding carboxylic acids is 4. The number of esters is 1. The predicted molar refractivity (Wildman–Crippen MR) is 68.3 cm³/mol. The van der Waals surface area contributed by atoms with Crippen LogP contribution in [0.5, 0.6) is 0 Å². The Hall–Kier alpha value is -3.42. The van der Waals surface area contributed by atoms with Gasteiger partial charge in [-0.1, -0.05) is 0 Å². The smallest absolute Gasteiger partial charge is 0.338 e. The highest BCUT2D eigenvalue weighted by Gasteiger charge is 2.16. The Kier molecular flexibility index (Phi) is 4.00. The molecule has 2 rings (SSSR count). The van der Waals surface area contributed by atoms with Gasteiger partial charge >= 0.3 is 5.97 Å². The molecule has 0 fully saturated rings. The van der Waals surface area contributed by atoms with Gasteiger partial charge in [-0.25, -0.2) is 4.79 Å². The first-order valence-corrected chi connectivity index (χ1v) is 6.10. The second-order valence-electron chi connectivity index (χ2n) is 4.50. The number of aromatic carboxylic acids is 3. The van der Waals surface area contributed by atoms with Crippen LogP contribution in [-0.2, 0) is 4.74 Å². The van der Waals surface area contributed by atoms with Gasteiger partial charge in [-0.3, -0.25) is 0 Å². The van der Waals surface area contributed by atoms with E-state index < -0.39 is 40.6 Å². The molecule has 0 spiro atoms. The molecule has 0 radical (unpaired) electrons. The van der Waals surface area contributed by atoms with Crippen molar-refractivity contribution < 1.29 is 39.2 Å². The van der Waals surface area contributed by atoms with Gasteiger partial charge in [0.1, 0.15) is 0 Å². The van der Waals surface area contributed by atoms with E-state index in [2.05, 4.69) is 4.74 Å². The Bertz CT molecular complexity index is 865. The summed E-state index contributed by atoms with van der Waals surface area (Å²) < 4.78 is 4.50. The van der Waals surface area contributed by atoms with Crippen LogP contribution in [-0.4, -0.2) is 31.0 Å². The van der Waals surface area contributed by atoms with E-state index in [-0.39, 0.29) is 16.3 Å². The molecule has 0 amide bonds. The Morgan fingerprint density at radius 3 is 1.57 bits per heavy atom. The number of carboxylic acid groups (broad SMARTS) is 3. The highest BCUT2D eigenvalue weighted by Crippen LogP contribution is 2.27. The van der Waals surface area contributed by atoms with Gasteiger partial charge in [-0.05, 0) is 46.2 Å². The Balaban J connectivity index is 3.01. The maximum Gasteiger partial charge on any atom is 0.338 e. The van der Waals surface area contributed by atoms with Crippen LogP contribution in [0.4, 0.5) is 0 Å². The normalized spacial score (nSPS) is 10.3. The molecule has 0 aliphatic rings. The first-order valence-electron chi connectivity index (χ1n) is 6.10. The summed E-state index contributed by atoms with van der Waals surface area (Å²) in [7, 11) is 1.03. The van der Waals surface area contributed by atoms with Gasteiger partial charge in [0.25, 0.3) is 0 Å². The molecule has 8 nitrogen and oxygen atoms in total. The van der Waals surface area contributed by atoms with Crippen molar-refractivity contribution in [3.63, 3.8) is 0 Å². The SMILES string of the molecule is COC(=O)c1cc(C(=O)[O-])cc2c(C(=O)[O-])cc(C(=O)[O-])cc12. The molecule has 0 unspecified atom stereocenters. The molecule has 0 saturated heterocycles. The summed E-state index contributed by atoms with van der Waals surface area (Å²) in [5.74, 6) is -6.04. The average molecular weight is 315 g/mol. The molecule has 0 saturated carbocycles. The lowest BCUT2D eigenvalue weighted by atomic mass is 9.94. The molecule has 0 N–H and O–H groups in total. The first kappa shape index (κ1) is 16.0. The van der Waals surface area contributed by atoms with Gasteiger partial charge in [0.15, 0.2) is 0 Å². The van der Waals surface area contributed by atoms with Crippen LogP contribution in [0.15, 0.2) is 24.3 Å². The summed E-state index contributed by atoms with van der Waals surface area (Å²) in [6.45, 7) is 0. The van der Waals surface area contributed by atoms with E-state index in [0.29, 0.717) is 0 Å². The van der Waals surface area contributed by atoms with Crippen LogP contribution in [0.3, 0.4) is 0 Å². The quantitative estimate of drug-likeness (QED) is 0.573. The Labute approximate surface area is 128 Å². The van der Waals surface area contributed by atoms with E-state index in [1.807, 2.05) is 0 Å². The van der Waals surface area contributed by atoms with Crippen LogP contribution in [0.1, 0.15) is 41.4 Å². The van der Waals surface area contributed by atoms with Gasteiger partial charge in [0.05, 0.1) is 30.6 Å². The van der Waals surface area contributed by atoms with Crippen LogP contribution in [0, 0.1) is 0 Å². The van der Waals surface area contributed by atoms with E-state index in [0.717, 1.165) is 31.4 Å². The van der Waals surface area contributed by atoms with Gasteiger partial charge in [-0.15, -0.1) is 0 Å². The van der Waals surface area contributed by atoms with E-state index in [1.165, 1.54) is 0 Å². The number of carboxylic acids is 3. The number of ether oxygens (including phenoxy) is 1. The van der Waals surface area contributed by atoms with E-state index in [4.69, 9.17) is 0 Å². The lowest BCUT2D eigenvalue weighted by molar-refractivity contribution is -0.256. The van der Waals surface area contributed by atoms with E-state index >= 15 is 0 Å². The topological polar surface area (TPSA) is 147 Å². The number of hydrogen-bond donors (Lipinski definition) is 0. The Morgan fingerprint density at radius 2 is 1.17 bits per heavy atom. The standard InChI is InChI=1S/C15H10O8/c1-23-15(22)11-5-7(13(18)19)2-8-9(11)3-6(12(16)17)4-10(8)14(20)21/h2-5H,1H3,(H,16,17)(H,18,19)(H,20,21)/p-3. The zero-order valence-corrected chi connectivity index (χ0v) is 11.6. The van der Waals surface area contributed by atoms with Crippen molar-refractivity contribution >= 4 is 34.6 Å². The molecule has 0 heterocycles. The van der Waals surface area contributed by atoms with Crippen molar-refractivity contribution in [3.05, 3.63) is 46.5 Å². The van der Waals surface area contributed by atoms with Crippen LogP contribution in [0.2, 0.25) is 0 Å². The first-order chi connectivity index (χ1) is 10.8. The molecule has 0 aliphatic heterocycles. The lowest BCUT2D eigenvalue weighted by Gasteiger charge is -2.16. The minimum Gasteiger partial charge on any atom is -0.545 e. The summed E-state index contributed by atoms with van der Waals surface area (Å²) in [4.78, 5) is 45.1. The minimum atomic E-state index is -1.75. The fourth-order valence-corrected chi connectivity index (χ4v) is 2.15. The van der Waals surface area contributed by atoms with Crippen molar-refractivity contribution in [1.82, 2.24) is 0 Å². The van der Waals surface area contributed by atoms with E-state index in [1.54, 1.807) is 0 Å². The third-order valence-electron chi connectivity index (χ3n) is 3.17. The maximum atomic E-state index is 11.8. The highest BCUT2D eigenvalue weighted by molar-refractivity contribution is 6.14. The summed E-state index contributed by atoms with van der Waals surface area (Å²) in [6, 6.07) is 3.60. The number of rotatable bonds is 4. The van der Waals surface area contributed by atoms with Crippen molar-refractivity contribution in [3.8, 4) is 0 Å². The van der Waals surface area contributed by atoms with Crippen molar-refractivity contribution in [1.29, 1.82) is 0 Å². The molecule has 118 valence electrons. The molecule has 0 aliphatic carbocycles. The zero-order valence-electron chi connectivity index (χ0n) is 11.6. The van der Waals surface area contributed by atoms with Gasteiger partial charge in [0, 0.05) is 5.56 Å². The second-order valence-corrected chi connectivity index (χ2v) is 4.50. The summed E-state index contributed by atoms with van der Waals surface area (Å²) >= 11 is 0. The fourth-order valence-electron chi connectivity index (χ4n) is 2.15. The van der Waals surface area contributed by atoms with Crippen molar-refractivity contribution in [2.45, 2.75) is 0 Å². The van der Waals surface area contributed by atoms with Gasteiger partial charge in [-0.2, -0.15) is 0 Å². The highest BCUT2D eigenvalue weighted by atomic mass is 16.5. The number of hydrogen-bond acceptors (Lipinski definition) is 8. The van der Waals surface area contributed by atoms with Crippen molar-refractivity contribution in [2.24, 2.45) is 0 Å². The predicted octanol–water partition coefficient (Wildman–Crippen LogP) is -2.28. The fraction of sp³-hybridized carbons (Fsp3) is 0.0667. The van der Waals surface area contributed by atoms with Gasteiger partial charge in [0.2, 0.25) is 0 Å². The largest absolute Gasteiger partial charge is 0.545 e. The summed E-state index contributed by atoms with van der Waals surface area (Å²) in [5.41, 5.74) is -1.91. The lowest BCUT2D eigenvalue weighted by Crippen LogP contribution is -2.27. The van der Waals surface area contributed by atoms with E-state index in [9.17, 15) is 34.5 Å². The number of fused-ring (bicyclic) bond motifs is 1. The molecular formula is C15H7O8-3. The average Bonchev–Trinajstić information content (AvgIpc) is 2.51. The van der Waals surface area contributed by atoms with Gasteiger partial charge < -0.3 is 34.4 Å². The molecule has 2 aromatic rings. The maximum absolute atomic E-state index is 11.8. The molecule has 2 aromatic carbocycles. The number of benzene rings is 2. The molecular weight excluding hydrogens is 308 g/mol. The monoisotopic (exact) mass is 315 g/mol. The second kappa shape index (κ2) is 5.76. The third kappa shape index (κ3) is 2.82. The molecule has 8 heteroatoms. The molecule has 0 atom stereocenters. The van der Waals surface area contributed by atoms with Crippen LogP contribution >= 0.6 is 0 Å². The molecule has 0 aromatic heterocycles. The number of carbonyl (C=O) groups is 4. The molecule has 0 bridgehead atoms. The third-order valence-corrected chi connectivity index (χ3v) is 3.17. The zero-order chi connectivity index (χ0) is 17.3. The number of methoxy groups -OCH3 is 1. The summed E-state index contributed by atoms with van der Waals surface area (Å²) in [6.07, 6.45) is 0.